The average molecular weight is 596 g/mol. The number of methoxy groups -OCH3 is 1. The fourth-order valence-corrected chi connectivity index (χ4v) is 6.42. The second-order valence-electron chi connectivity index (χ2n) is 11.4. The van der Waals surface area contributed by atoms with E-state index in [4.69, 9.17) is 22.1 Å². The molecule has 1 aromatic heterocycles. The highest BCUT2D eigenvalue weighted by molar-refractivity contribution is 6.35. The topological polar surface area (TPSA) is 117 Å². The molecule has 0 saturated carbocycles. The van der Waals surface area contributed by atoms with E-state index in [1.165, 1.54) is 16.2 Å². The number of nitrogens with zero attached hydrogens (tertiary/aromatic N) is 2. The van der Waals surface area contributed by atoms with Crippen molar-refractivity contribution in [2.45, 2.75) is 32.8 Å². The lowest BCUT2D eigenvalue weighted by molar-refractivity contribution is 0.0785. The minimum absolute atomic E-state index is 0.318. The molecule has 0 fully saturated rings. The number of nitrogens with two attached hydrogens (primary N) is 1. The van der Waals surface area contributed by atoms with Crippen molar-refractivity contribution < 1.29 is 14.6 Å². The van der Waals surface area contributed by atoms with Gasteiger partial charge in [0.1, 0.15) is 5.75 Å². The molecule has 1 aliphatic carbocycles. The predicted octanol–water partition coefficient (Wildman–Crippen LogP) is 5.22. The average Bonchev–Trinajstić information content (AvgIpc) is 3.34. The van der Waals surface area contributed by atoms with Crippen molar-refractivity contribution in [3.63, 3.8) is 0 Å². The molecule has 0 atom stereocenters. The van der Waals surface area contributed by atoms with Crippen LogP contribution in [0.5, 0.6) is 5.75 Å². The van der Waals surface area contributed by atoms with Gasteiger partial charge in [0.25, 0.3) is 5.56 Å². The molecule has 1 amide bonds. The normalized spacial score (nSPS) is 12.3. The number of ether oxygens (including phenoxy) is 1. The summed E-state index contributed by atoms with van der Waals surface area (Å²) in [5.74, 6) is -0.0516. The van der Waals surface area contributed by atoms with Crippen LogP contribution in [0.4, 0.5) is 0 Å². The zero-order valence-electron chi connectivity index (χ0n) is 24.4. The van der Waals surface area contributed by atoms with Gasteiger partial charge in [-0.25, -0.2) is 9.36 Å². The molecule has 4 aromatic carbocycles. The van der Waals surface area contributed by atoms with Gasteiger partial charge in [0.15, 0.2) is 0 Å². The monoisotopic (exact) mass is 595 g/mol. The maximum Gasteiger partial charge on any atom is 0.335 e. The summed E-state index contributed by atoms with van der Waals surface area (Å²) in [6.45, 7) is 5.28. The van der Waals surface area contributed by atoms with E-state index in [1.807, 2.05) is 31.2 Å². The largest absolute Gasteiger partial charge is 0.497 e. The number of hydrogen-bond acceptors (Lipinski definition) is 5. The molecule has 1 aliphatic rings. The zero-order valence-corrected chi connectivity index (χ0v) is 25.2. The summed E-state index contributed by atoms with van der Waals surface area (Å²) in [5.41, 5.74) is 11.1. The first-order valence-electron chi connectivity index (χ1n) is 13.7. The number of primary amides is 1. The fourth-order valence-electron chi connectivity index (χ4n) is 6.12. The van der Waals surface area contributed by atoms with E-state index in [9.17, 15) is 19.5 Å². The summed E-state index contributed by atoms with van der Waals surface area (Å²) in [7, 11) is 3.14. The number of aromatic nitrogens is 2. The van der Waals surface area contributed by atoms with Crippen LogP contribution in [0.2, 0.25) is 5.02 Å². The first-order chi connectivity index (χ1) is 20.3. The van der Waals surface area contributed by atoms with Gasteiger partial charge in [-0.15, -0.1) is 0 Å². The molecule has 0 spiro atoms. The number of aryl methyl sites for hydroxylation is 1. The van der Waals surface area contributed by atoms with Gasteiger partial charge in [0, 0.05) is 29.3 Å². The van der Waals surface area contributed by atoms with Crippen LogP contribution in [0.25, 0.3) is 38.8 Å². The van der Waals surface area contributed by atoms with Crippen LogP contribution in [0.3, 0.4) is 0 Å². The van der Waals surface area contributed by atoms with E-state index in [0.29, 0.717) is 56.0 Å². The standard InChI is InChI=1S/C34H30ClN3O5/c1-17-21(7-6-8-27(17)38-32(40)23-12-10-20(43-5)15-28(23)37(4)33(38)41)30-26(35)16-25(31(36)39)24-14-18-13-19(34(2,3)42)9-11-22(18)29(24)30/h6-13,15-16,42H,14H2,1-5H3,(H2,36,39). The van der Waals surface area contributed by atoms with Gasteiger partial charge in [-0.2, -0.15) is 0 Å². The predicted molar refractivity (Wildman–Crippen MR) is 169 cm³/mol. The van der Waals surface area contributed by atoms with Crippen molar-refractivity contribution in [3.8, 4) is 33.7 Å². The van der Waals surface area contributed by atoms with Gasteiger partial charge < -0.3 is 15.6 Å². The Kier molecular flexibility index (Phi) is 6.60. The minimum atomic E-state index is -1.05. The fraction of sp³-hybridized carbons (Fsp3) is 0.206. The van der Waals surface area contributed by atoms with Crippen molar-refractivity contribution in [1.29, 1.82) is 0 Å². The molecule has 0 unspecified atom stereocenters. The number of carbonyl (C=O) groups excluding carboxylic acids is 1. The SMILES string of the molecule is COc1ccc2c(=O)n(-c3cccc(-c4c(Cl)cc(C(N)=O)c5c4-c4ccc(C(C)(C)O)cc4C5)c3C)c(=O)n(C)c2c1. The van der Waals surface area contributed by atoms with Crippen LogP contribution >= 0.6 is 11.6 Å². The van der Waals surface area contributed by atoms with Crippen molar-refractivity contribution >= 4 is 28.4 Å². The number of rotatable bonds is 5. The third-order valence-electron chi connectivity index (χ3n) is 8.39. The van der Waals surface area contributed by atoms with Gasteiger partial charge in [-0.1, -0.05) is 41.9 Å². The second-order valence-corrected chi connectivity index (χ2v) is 11.8. The van der Waals surface area contributed by atoms with Crippen LogP contribution in [0.15, 0.2) is 70.3 Å². The third-order valence-corrected chi connectivity index (χ3v) is 8.69. The third kappa shape index (κ3) is 4.37. The lowest BCUT2D eigenvalue weighted by Crippen LogP contribution is -2.38. The molecule has 1 heterocycles. The number of halogens is 1. The molecule has 9 heteroatoms. The van der Waals surface area contributed by atoms with Crippen LogP contribution in [-0.2, 0) is 19.1 Å². The Labute approximate surface area is 252 Å². The summed E-state index contributed by atoms with van der Waals surface area (Å²) < 4.78 is 7.89. The summed E-state index contributed by atoms with van der Waals surface area (Å²) in [5, 5.41) is 11.3. The summed E-state index contributed by atoms with van der Waals surface area (Å²) in [4.78, 5) is 39.9. The Balaban J connectivity index is 1.63. The first-order valence-corrected chi connectivity index (χ1v) is 14.1. The van der Waals surface area contributed by atoms with Gasteiger partial charge in [-0.3, -0.25) is 14.2 Å². The zero-order chi connectivity index (χ0) is 31.0. The minimum Gasteiger partial charge on any atom is -0.497 e. The molecule has 0 radical (unpaired) electrons. The highest BCUT2D eigenvalue weighted by Gasteiger charge is 2.31. The highest BCUT2D eigenvalue weighted by atomic mass is 35.5. The number of benzene rings is 4. The number of aliphatic hydroxyl groups is 1. The van der Waals surface area contributed by atoms with Crippen LogP contribution in [0, 0.1) is 6.92 Å². The van der Waals surface area contributed by atoms with E-state index >= 15 is 0 Å². The van der Waals surface area contributed by atoms with Crippen molar-refractivity contribution in [2.24, 2.45) is 12.8 Å². The lowest BCUT2D eigenvalue weighted by Gasteiger charge is -2.20. The van der Waals surface area contributed by atoms with Crippen molar-refractivity contribution in [2.75, 3.05) is 7.11 Å². The molecule has 3 N–H and O–H groups in total. The molecule has 43 heavy (non-hydrogen) atoms. The van der Waals surface area contributed by atoms with Gasteiger partial charge in [0.2, 0.25) is 5.91 Å². The van der Waals surface area contributed by atoms with Gasteiger partial charge >= 0.3 is 5.69 Å². The van der Waals surface area contributed by atoms with Gasteiger partial charge in [-0.05, 0) is 90.4 Å². The van der Waals surface area contributed by atoms with E-state index in [-0.39, 0.29) is 0 Å². The highest BCUT2D eigenvalue weighted by Crippen LogP contribution is 2.49. The van der Waals surface area contributed by atoms with Crippen molar-refractivity contribution in [1.82, 2.24) is 9.13 Å². The first kappa shape index (κ1) is 28.5. The van der Waals surface area contributed by atoms with Gasteiger partial charge in [0.05, 0.1) is 29.3 Å². The molecule has 0 aliphatic heterocycles. The van der Waals surface area contributed by atoms with Crippen LogP contribution < -0.4 is 21.7 Å². The van der Waals surface area contributed by atoms with E-state index in [2.05, 4.69) is 0 Å². The molecular weight excluding hydrogens is 566 g/mol. The van der Waals surface area contributed by atoms with Crippen LogP contribution in [0.1, 0.15) is 46.5 Å². The smallest absolute Gasteiger partial charge is 0.335 e. The maximum absolute atomic E-state index is 13.8. The number of amides is 1. The maximum atomic E-state index is 13.8. The Morgan fingerprint density at radius 1 is 1.02 bits per heavy atom. The number of carbonyl (C=O) groups is 1. The molecule has 8 nitrogen and oxygen atoms in total. The lowest BCUT2D eigenvalue weighted by atomic mass is 9.88. The Morgan fingerprint density at radius 2 is 1.77 bits per heavy atom. The molecule has 0 saturated heterocycles. The molecule has 6 rings (SSSR count). The summed E-state index contributed by atoms with van der Waals surface area (Å²) >= 11 is 6.93. The summed E-state index contributed by atoms with van der Waals surface area (Å²) in [6, 6.07) is 17.7. The molecule has 5 aromatic rings. The number of hydrogen-bond donors (Lipinski definition) is 2. The quantitative estimate of drug-likeness (QED) is 0.283. The summed E-state index contributed by atoms with van der Waals surface area (Å²) in [6.07, 6.45) is 0.434. The van der Waals surface area contributed by atoms with Crippen molar-refractivity contribution in [3.05, 3.63) is 114 Å². The van der Waals surface area contributed by atoms with E-state index < -0.39 is 22.8 Å². The number of fused-ring (bicyclic) bond motifs is 4. The van der Waals surface area contributed by atoms with E-state index in [0.717, 1.165) is 27.8 Å². The second kappa shape index (κ2) is 9.97. The molecular formula is C34H30ClN3O5. The Bertz CT molecular complexity index is 2140. The van der Waals surface area contributed by atoms with Crippen LogP contribution in [-0.4, -0.2) is 27.3 Å². The molecule has 218 valence electrons. The van der Waals surface area contributed by atoms with E-state index in [1.54, 1.807) is 57.3 Å². The Hall–Kier alpha value is -4.66. The Morgan fingerprint density at radius 3 is 2.44 bits per heavy atom. The molecule has 0 bridgehead atoms.